The number of carbonyl (C=O) groups excluding carboxylic acids is 1. The molecule has 2 atom stereocenters. The van der Waals surface area contributed by atoms with Gasteiger partial charge in [0.25, 0.3) is 5.91 Å². The molecule has 5 heteroatoms. The quantitative estimate of drug-likeness (QED) is 0.844. The first-order chi connectivity index (χ1) is 10.0. The van der Waals surface area contributed by atoms with Gasteiger partial charge in [-0.2, -0.15) is 0 Å². The first-order valence-electron chi connectivity index (χ1n) is 7.59. The summed E-state index contributed by atoms with van der Waals surface area (Å²) in [6, 6.07) is 6.40. The minimum absolute atomic E-state index is 0.126. The number of benzene rings is 1. The van der Waals surface area contributed by atoms with Crippen LogP contribution in [-0.4, -0.2) is 36.5 Å². The second-order valence-corrected chi connectivity index (χ2v) is 6.74. The summed E-state index contributed by atoms with van der Waals surface area (Å²) in [5, 5.41) is 3.47. The number of halogens is 1. The largest absolute Gasteiger partial charge is 0.399 e. The molecule has 0 aromatic heterocycles. The number of nitrogens with one attached hydrogen (secondary N) is 1. The summed E-state index contributed by atoms with van der Waals surface area (Å²) < 4.78 is 0. The Kier molecular flexibility index (Phi) is 4.09. The van der Waals surface area contributed by atoms with E-state index < -0.39 is 0 Å². The Labute approximate surface area is 130 Å². The molecule has 3 rings (SSSR count). The van der Waals surface area contributed by atoms with E-state index in [2.05, 4.69) is 17.3 Å². The Morgan fingerprint density at radius 3 is 2.71 bits per heavy atom. The lowest BCUT2D eigenvalue weighted by atomic mass is 9.91. The van der Waals surface area contributed by atoms with Crippen molar-refractivity contribution >= 4 is 23.2 Å². The molecule has 114 valence electrons. The molecular weight excluding hydrogens is 286 g/mol. The minimum Gasteiger partial charge on any atom is -0.399 e. The molecule has 0 saturated carbocycles. The topological polar surface area (TPSA) is 58.4 Å². The Hall–Kier alpha value is -1.26. The van der Waals surface area contributed by atoms with E-state index in [1.54, 1.807) is 18.2 Å². The second kappa shape index (κ2) is 5.85. The second-order valence-electron chi connectivity index (χ2n) is 6.34. The van der Waals surface area contributed by atoms with Crippen molar-refractivity contribution in [2.45, 2.75) is 37.8 Å². The molecule has 2 unspecified atom stereocenters. The predicted molar refractivity (Wildman–Crippen MR) is 85.5 cm³/mol. The highest BCUT2D eigenvalue weighted by Crippen LogP contribution is 2.37. The number of nitrogens with two attached hydrogens (primary N) is 1. The first-order valence-corrected chi connectivity index (χ1v) is 7.97. The van der Waals surface area contributed by atoms with Gasteiger partial charge in [0.15, 0.2) is 0 Å². The van der Waals surface area contributed by atoms with Gasteiger partial charge in [-0.25, -0.2) is 0 Å². The molecule has 4 nitrogen and oxygen atoms in total. The number of hydrogen-bond donors (Lipinski definition) is 2. The third-order valence-electron chi connectivity index (χ3n) is 4.98. The Balaban J connectivity index is 1.58. The van der Waals surface area contributed by atoms with Gasteiger partial charge in [0.05, 0.1) is 10.6 Å². The maximum absolute atomic E-state index is 12.2. The molecule has 1 aromatic rings. The summed E-state index contributed by atoms with van der Waals surface area (Å²) in [4.78, 5) is 14.7. The standard InChI is InChI=1S/C16H22ClN3O/c1-20-12-3-4-13(20)7-10(6-12)9-19-16(21)14-8-11(18)2-5-15(14)17/h2,5,8,10,12-13H,3-4,6-7,9,18H2,1H3,(H,19,21). The number of hydrogen-bond acceptors (Lipinski definition) is 3. The van der Waals surface area contributed by atoms with Crippen LogP contribution in [0, 0.1) is 5.92 Å². The van der Waals surface area contributed by atoms with E-state index in [0.29, 0.717) is 34.3 Å². The van der Waals surface area contributed by atoms with E-state index in [1.807, 2.05) is 0 Å². The summed E-state index contributed by atoms with van der Waals surface area (Å²) in [6.07, 6.45) is 4.95. The zero-order valence-corrected chi connectivity index (χ0v) is 13.1. The molecule has 2 aliphatic heterocycles. The molecule has 1 amide bonds. The van der Waals surface area contributed by atoms with Gasteiger partial charge in [0.1, 0.15) is 0 Å². The van der Waals surface area contributed by atoms with Crippen LogP contribution in [0.15, 0.2) is 18.2 Å². The van der Waals surface area contributed by atoms with Crippen molar-refractivity contribution in [2.75, 3.05) is 19.3 Å². The molecule has 3 N–H and O–H groups in total. The summed E-state index contributed by atoms with van der Waals surface area (Å²) in [7, 11) is 2.23. The fraction of sp³-hybridized carbons (Fsp3) is 0.562. The van der Waals surface area contributed by atoms with E-state index >= 15 is 0 Å². The van der Waals surface area contributed by atoms with Crippen LogP contribution < -0.4 is 11.1 Å². The normalized spacial score (nSPS) is 28.6. The third kappa shape index (κ3) is 3.01. The zero-order valence-electron chi connectivity index (χ0n) is 12.3. The molecule has 2 bridgehead atoms. The summed E-state index contributed by atoms with van der Waals surface area (Å²) in [6.45, 7) is 0.727. The van der Waals surface area contributed by atoms with Gasteiger partial charge in [0.2, 0.25) is 0 Å². The lowest BCUT2D eigenvalue weighted by molar-refractivity contribution is 0.0917. The van der Waals surface area contributed by atoms with Crippen molar-refractivity contribution in [2.24, 2.45) is 5.92 Å². The van der Waals surface area contributed by atoms with Gasteiger partial charge in [-0.1, -0.05) is 11.6 Å². The SMILES string of the molecule is CN1C2CCC1CC(CNC(=O)c1cc(N)ccc1Cl)C2. The zero-order chi connectivity index (χ0) is 15.0. The van der Waals surface area contributed by atoms with E-state index in [0.717, 1.165) is 6.54 Å². The Morgan fingerprint density at radius 2 is 2.05 bits per heavy atom. The molecule has 1 aromatic carbocycles. The van der Waals surface area contributed by atoms with Crippen LogP contribution in [0.1, 0.15) is 36.0 Å². The fourth-order valence-electron chi connectivity index (χ4n) is 3.74. The van der Waals surface area contributed by atoms with Crippen molar-refractivity contribution in [3.63, 3.8) is 0 Å². The van der Waals surface area contributed by atoms with Crippen LogP contribution in [-0.2, 0) is 0 Å². The first kappa shape index (κ1) is 14.7. The molecule has 2 fully saturated rings. The van der Waals surface area contributed by atoms with Crippen molar-refractivity contribution in [1.82, 2.24) is 10.2 Å². The summed E-state index contributed by atoms with van der Waals surface area (Å²) in [5.74, 6) is 0.445. The predicted octanol–water partition coefficient (Wildman–Crippen LogP) is 2.52. The van der Waals surface area contributed by atoms with Crippen LogP contribution in [0.25, 0.3) is 0 Å². The van der Waals surface area contributed by atoms with E-state index in [-0.39, 0.29) is 5.91 Å². The van der Waals surface area contributed by atoms with Crippen LogP contribution in [0.2, 0.25) is 5.02 Å². The highest BCUT2D eigenvalue weighted by molar-refractivity contribution is 6.34. The number of fused-ring (bicyclic) bond motifs is 2. The van der Waals surface area contributed by atoms with Gasteiger partial charge in [-0.15, -0.1) is 0 Å². The molecular formula is C16H22ClN3O. The van der Waals surface area contributed by atoms with Gasteiger partial charge >= 0.3 is 0 Å². The maximum Gasteiger partial charge on any atom is 0.252 e. The maximum atomic E-state index is 12.2. The lowest BCUT2D eigenvalue weighted by Gasteiger charge is -2.36. The molecule has 0 aliphatic carbocycles. The Bertz CT molecular complexity index is 534. The van der Waals surface area contributed by atoms with Crippen LogP contribution >= 0.6 is 11.6 Å². The molecule has 2 saturated heterocycles. The van der Waals surface area contributed by atoms with Crippen molar-refractivity contribution in [3.8, 4) is 0 Å². The smallest absolute Gasteiger partial charge is 0.252 e. The lowest BCUT2D eigenvalue weighted by Crippen LogP contribution is -2.43. The van der Waals surface area contributed by atoms with Gasteiger partial charge in [-0.05, 0) is 56.8 Å². The van der Waals surface area contributed by atoms with Gasteiger partial charge in [0, 0.05) is 24.3 Å². The number of rotatable bonds is 3. The summed E-state index contributed by atoms with van der Waals surface area (Å²) >= 11 is 6.06. The van der Waals surface area contributed by atoms with Crippen molar-refractivity contribution in [1.29, 1.82) is 0 Å². The average molecular weight is 308 g/mol. The third-order valence-corrected chi connectivity index (χ3v) is 5.31. The monoisotopic (exact) mass is 307 g/mol. The molecule has 2 aliphatic rings. The molecule has 2 heterocycles. The fourth-order valence-corrected chi connectivity index (χ4v) is 3.94. The van der Waals surface area contributed by atoms with Crippen molar-refractivity contribution in [3.05, 3.63) is 28.8 Å². The van der Waals surface area contributed by atoms with Crippen LogP contribution in [0.3, 0.4) is 0 Å². The number of amides is 1. The number of nitrogen functional groups attached to an aromatic ring is 1. The number of nitrogens with zero attached hydrogens (tertiary/aromatic N) is 1. The van der Waals surface area contributed by atoms with Gasteiger partial charge < -0.3 is 16.0 Å². The average Bonchev–Trinajstić information content (AvgIpc) is 2.69. The van der Waals surface area contributed by atoms with Crippen LogP contribution in [0.4, 0.5) is 5.69 Å². The van der Waals surface area contributed by atoms with Crippen molar-refractivity contribution < 1.29 is 4.79 Å². The van der Waals surface area contributed by atoms with E-state index in [9.17, 15) is 4.79 Å². The van der Waals surface area contributed by atoms with E-state index in [4.69, 9.17) is 17.3 Å². The Morgan fingerprint density at radius 1 is 1.38 bits per heavy atom. The highest BCUT2D eigenvalue weighted by Gasteiger charge is 2.38. The van der Waals surface area contributed by atoms with Crippen LogP contribution in [0.5, 0.6) is 0 Å². The van der Waals surface area contributed by atoms with Gasteiger partial charge in [-0.3, -0.25) is 4.79 Å². The number of piperidine rings is 1. The number of anilines is 1. The number of carbonyl (C=O) groups is 1. The molecule has 21 heavy (non-hydrogen) atoms. The highest BCUT2D eigenvalue weighted by atomic mass is 35.5. The molecule has 0 radical (unpaired) electrons. The summed E-state index contributed by atoms with van der Waals surface area (Å²) in [5.41, 5.74) is 6.74. The van der Waals surface area contributed by atoms with E-state index in [1.165, 1.54) is 25.7 Å². The molecule has 0 spiro atoms. The minimum atomic E-state index is -0.126.